The van der Waals surface area contributed by atoms with Crippen LogP contribution < -0.4 is 5.32 Å². The molecule has 0 spiro atoms. The monoisotopic (exact) mass is 601 g/mol. The molecule has 0 saturated heterocycles. The first-order valence-electron chi connectivity index (χ1n) is 9.88. The van der Waals surface area contributed by atoms with Crippen LogP contribution in [-0.2, 0) is 39.9 Å². The van der Waals surface area contributed by atoms with E-state index in [0.29, 0.717) is 30.4 Å². The first kappa shape index (κ1) is 29.3. The molecule has 3 aromatic carbocycles. The summed E-state index contributed by atoms with van der Waals surface area (Å²) in [5.74, 6) is -3.81. The minimum Gasteiger partial charge on any atom is -0.505 e. The van der Waals surface area contributed by atoms with Crippen molar-refractivity contribution in [3.63, 3.8) is 0 Å². The van der Waals surface area contributed by atoms with Crippen molar-refractivity contribution in [1.29, 1.82) is 0 Å². The highest BCUT2D eigenvalue weighted by molar-refractivity contribution is 7.86. The van der Waals surface area contributed by atoms with Crippen LogP contribution in [0.25, 0.3) is 10.8 Å². The number of phenolic OH excluding ortho intramolecular Hbond substituents is 1. The number of hydrogen-bond acceptors (Lipinski definition) is 11. The first-order valence-corrected chi connectivity index (χ1v) is 14.2. The number of carbonyl (C=O) groups excluding carboxylic acids is 1. The predicted octanol–water partition coefficient (Wildman–Crippen LogP) is 2.28. The number of nitrogens with one attached hydrogen (secondary N) is 1. The molecule has 0 aliphatic rings. The van der Waals surface area contributed by atoms with Gasteiger partial charge < -0.3 is 15.5 Å². The molecule has 0 aliphatic heterocycles. The highest BCUT2D eigenvalue weighted by Crippen LogP contribution is 2.45. The number of nitrogens with zero attached hydrogens (tertiary/aromatic N) is 2. The second kappa shape index (κ2) is 10.5. The number of amides is 1. The average molecular weight is 602 g/mol. The molecule has 3 rings (SSSR count). The van der Waals surface area contributed by atoms with Crippen LogP contribution in [-0.4, -0.2) is 61.0 Å². The first-order chi connectivity index (χ1) is 17.9. The molecule has 0 saturated carbocycles. The summed E-state index contributed by atoms with van der Waals surface area (Å²) in [5.41, 5.74) is -2.12. The lowest BCUT2D eigenvalue weighted by atomic mass is 10.1. The number of fused-ring (bicyclic) bond motifs is 1. The summed E-state index contributed by atoms with van der Waals surface area (Å²) in [4.78, 5) is 20.1. The Balaban J connectivity index is 2.39. The Morgan fingerprint density at radius 2 is 1.41 bits per heavy atom. The number of carboxylic acid groups (broad SMARTS) is 1. The summed E-state index contributed by atoms with van der Waals surface area (Å²) < 4.78 is 99.5. The van der Waals surface area contributed by atoms with Crippen LogP contribution in [0.1, 0.15) is 0 Å². The van der Waals surface area contributed by atoms with Crippen LogP contribution >= 0.6 is 0 Å². The van der Waals surface area contributed by atoms with Crippen molar-refractivity contribution in [2.24, 2.45) is 10.2 Å². The van der Waals surface area contributed by atoms with Gasteiger partial charge in [-0.1, -0.05) is 12.1 Å². The Kier molecular flexibility index (Phi) is 7.87. The van der Waals surface area contributed by atoms with Gasteiger partial charge in [0.1, 0.15) is 21.2 Å². The van der Waals surface area contributed by atoms with Gasteiger partial charge in [0.2, 0.25) is 5.91 Å². The number of anilines is 1. The third-order valence-corrected chi connectivity index (χ3v) is 7.33. The second-order valence-electron chi connectivity index (χ2n) is 7.39. The van der Waals surface area contributed by atoms with E-state index in [4.69, 9.17) is 5.11 Å². The topological polar surface area (TPSA) is 274 Å². The molecule has 16 nitrogen and oxygen atoms in total. The van der Waals surface area contributed by atoms with Crippen molar-refractivity contribution < 1.29 is 58.7 Å². The van der Waals surface area contributed by atoms with Crippen LogP contribution in [0.15, 0.2) is 79.5 Å². The lowest BCUT2D eigenvalue weighted by Crippen LogP contribution is -2.10. The summed E-state index contributed by atoms with van der Waals surface area (Å²) >= 11 is 0. The lowest BCUT2D eigenvalue weighted by Gasteiger charge is -2.14. The Morgan fingerprint density at radius 3 is 1.97 bits per heavy atom. The summed E-state index contributed by atoms with van der Waals surface area (Å²) in [6.45, 7) is 0. The van der Waals surface area contributed by atoms with Crippen LogP contribution in [0.5, 0.6) is 5.75 Å². The van der Waals surface area contributed by atoms with Crippen molar-refractivity contribution in [2.45, 2.75) is 14.7 Å². The summed E-state index contributed by atoms with van der Waals surface area (Å²) in [5, 5.41) is 27.7. The predicted molar refractivity (Wildman–Crippen MR) is 131 cm³/mol. The molecule has 0 heterocycles. The largest absolute Gasteiger partial charge is 0.505 e. The van der Waals surface area contributed by atoms with E-state index >= 15 is 0 Å². The van der Waals surface area contributed by atoms with E-state index in [1.807, 2.05) is 0 Å². The molecular weight excluding hydrogens is 586 g/mol. The number of rotatable bonds is 8. The molecule has 0 aromatic heterocycles. The molecule has 6 N–H and O–H groups in total. The molecule has 0 atom stereocenters. The zero-order chi connectivity index (χ0) is 29.3. The number of carbonyl (C=O) groups is 2. The smallest absolute Gasteiger partial charge is 0.328 e. The number of hydrogen-bond donors (Lipinski definition) is 6. The quantitative estimate of drug-likeness (QED) is 0.123. The number of phenols is 1. The molecular formula is C20H15N3O13S3. The minimum absolute atomic E-state index is 0.423. The van der Waals surface area contributed by atoms with Crippen molar-refractivity contribution >= 4 is 70.1 Å². The third kappa shape index (κ3) is 6.79. The van der Waals surface area contributed by atoms with Gasteiger partial charge in [-0.05, 0) is 35.7 Å². The molecule has 3 aromatic rings. The maximum absolute atomic E-state index is 12.2. The van der Waals surface area contributed by atoms with Crippen LogP contribution in [0.2, 0.25) is 0 Å². The molecule has 0 fully saturated rings. The Morgan fingerprint density at radius 1 is 0.795 bits per heavy atom. The van der Waals surface area contributed by atoms with Gasteiger partial charge in [0.25, 0.3) is 30.4 Å². The molecule has 19 heteroatoms. The summed E-state index contributed by atoms with van der Waals surface area (Å²) in [7, 11) is -15.1. The third-order valence-electron chi connectivity index (χ3n) is 4.74. The zero-order valence-electron chi connectivity index (χ0n) is 18.8. The van der Waals surface area contributed by atoms with Gasteiger partial charge in [0, 0.05) is 17.5 Å². The van der Waals surface area contributed by atoms with Gasteiger partial charge in [-0.3, -0.25) is 18.5 Å². The number of azo groups is 1. The Bertz CT molecular complexity index is 1910. The molecule has 0 unspecified atom stereocenters. The maximum atomic E-state index is 12.2. The number of aliphatic carboxylic acids is 1. The fourth-order valence-corrected chi connectivity index (χ4v) is 5.01. The molecule has 0 aliphatic carbocycles. The Labute approximate surface area is 219 Å². The zero-order valence-corrected chi connectivity index (χ0v) is 21.3. The van der Waals surface area contributed by atoms with Crippen molar-refractivity contribution in [3.05, 3.63) is 54.6 Å². The lowest BCUT2D eigenvalue weighted by molar-refractivity contribution is -0.131. The van der Waals surface area contributed by atoms with Crippen LogP contribution in [0.4, 0.5) is 17.1 Å². The van der Waals surface area contributed by atoms with Gasteiger partial charge in [0.15, 0.2) is 5.75 Å². The van der Waals surface area contributed by atoms with Crippen LogP contribution in [0, 0.1) is 0 Å². The van der Waals surface area contributed by atoms with E-state index in [1.165, 1.54) is 12.1 Å². The number of aromatic hydroxyl groups is 1. The van der Waals surface area contributed by atoms with Crippen molar-refractivity contribution in [1.82, 2.24) is 0 Å². The summed E-state index contributed by atoms with van der Waals surface area (Å²) in [6.07, 6.45) is 0.942. The molecule has 1 amide bonds. The van der Waals surface area contributed by atoms with E-state index in [2.05, 4.69) is 15.5 Å². The standard InChI is InChI=1S/C20H15N3O13S3/c24-16(5-6-17(25)26)21-13-9-11(37(28,29)30)7-10-8-15(39(34,35)36)19(20(27)18(10)13)23-22-12-3-1-2-4-14(12)38(31,32)33/h1-9,27H,(H,21,24)(H,25,26)(H,28,29,30)(H,31,32,33)(H,34,35,36)/b6-5+,23-22?. The fraction of sp³-hybridized carbons (Fsp3) is 0. The molecule has 39 heavy (non-hydrogen) atoms. The van der Waals surface area contributed by atoms with E-state index < -0.39 is 90.5 Å². The van der Waals surface area contributed by atoms with E-state index in [1.54, 1.807) is 0 Å². The van der Waals surface area contributed by atoms with E-state index in [9.17, 15) is 53.6 Å². The molecule has 206 valence electrons. The van der Waals surface area contributed by atoms with Gasteiger partial charge in [-0.2, -0.15) is 25.3 Å². The van der Waals surface area contributed by atoms with Gasteiger partial charge >= 0.3 is 5.97 Å². The Hall–Kier alpha value is -4.27. The SMILES string of the molecule is O=C(O)/C=C/C(=O)Nc1cc(S(=O)(=O)O)cc2cc(S(=O)(=O)O)c(N=Nc3ccccc3S(=O)(=O)O)c(O)c12. The molecule has 0 bridgehead atoms. The number of carboxylic acids is 1. The minimum atomic E-state index is -5.25. The van der Waals surface area contributed by atoms with Gasteiger partial charge in [-0.25, -0.2) is 4.79 Å². The van der Waals surface area contributed by atoms with Gasteiger partial charge in [-0.15, -0.1) is 10.2 Å². The normalized spacial score (nSPS) is 12.8. The molecule has 0 radical (unpaired) electrons. The van der Waals surface area contributed by atoms with Crippen molar-refractivity contribution in [2.75, 3.05) is 5.32 Å². The second-order valence-corrected chi connectivity index (χ2v) is 11.6. The highest BCUT2D eigenvalue weighted by atomic mass is 32.2. The highest BCUT2D eigenvalue weighted by Gasteiger charge is 2.26. The van der Waals surface area contributed by atoms with Crippen molar-refractivity contribution in [3.8, 4) is 5.75 Å². The van der Waals surface area contributed by atoms with Crippen LogP contribution in [0.3, 0.4) is 0 Å². The number of benzene rings is 3. The van der Waals surface area contributed by atoms with E-state index in [0.717, 1.165) is 12.1 Å². The fourth-order valence-electron chi connectivity index (χ4n) is 3.18. The maximum Gasteiger partial charge on any atom is 0.328 e. The summed E-state index contributed by atoms with van der Waals surface area (Å²) in [6, 6.07) is 6.41. The van der Waals surface area contributed by atoms with E-state index in [-0.39, 0.29) is 0 Å². The van der Waals surface area contributed by atoms with Gasteiger partial charge in [0.05, 0.1) is 10.6 Å². The average Bonchev–Trinajstić information content (AvgIpc) is 2.80.